The number of nitriles is 1. The molecule has 0 N–H and O–H groups in total. The van der Waals surface area contributed by atoms with E-state index in [1.54, 1.807) is 12.1 Å². The summed E-state index contributed by atoms with van der Waals surface area (Å²) in [6.45, 7) is 2.62. The molecule has 0 bridgehead atoms. The van der Waals surface area contributed by atoms with Gasteiger partial charge in [0.1, 0.15) is 0 Å². The summed E-state index contributed by atoms with van der Waals surface area (Å²) in [7, 11) is -4.68. The SMILES string of the molecule is CCOP(=O)(OCC)C(F)(F)c1cc2ccc(C#N)cc2cc1Br. The maximum Gasteiger partial charge on any atom is 0.404 e. The Balaban J connectivity index is 2.63. The first-order valence-corrected chi connectivity index (χ1v) is 9.53. The van der Waals surface area contributed by atoms with Crippen molar-refractivity contribution in [3.05, 3.63) is 45.9 Å². The van der Waals surface area contributed by atoms with E-state index >= 15 is 0 Å². The van der Waals surface area contributed by atoms with E-state index in [-0.39, 0.29) is 17.7 Å². The first-order chi connectivity index (χ1) is 11.3. The van der Waals surface area contributed by atoms with Crippen LogP contribution in [0.15, 0.2) is 34.8 Å². The van der Waals surface area contributed by atoms with Gasteiger partial charge in [0.25, 0.3) is 0 Å². The minimum absolute atomic E-state index is 0.0646. The molecule has 0 spiro atoms. The van der Waals surface area contributed by atoms with Gasteiger partial charge in [-0.05, 0) is 48.9 Å². The van der Waals surface area contributed by atoms with Gasteiger partial charge in [-0.25, -0.2) is 0 Å². The largest absolute Gasteiger partial charge is 0.404 e. The third kappa shape index (κ3) is 3.38. The molecule has 0 atom stereocenters. The molecule has 0 aliphatic carbocycles. The standard InChI is InChI=1S/C16H15BrF2NO3P/c1-3-22-24(21,23-4-2)16(18,19)14-8-12-6-5-11(10-20)7-13(12)9-15(14)17/h5-9H,3-4H2,1-2H3. The zero-order chi connectivity index (χ0) is 18.0. The minimum atomic E-state index is -4.68. The third-order valence-corrected chi connectivity index (χ3v) is 6.10. The first-order valence-electron chi connectivity index (χ1n) is 7.20. The molecule has 2 rings (SSSR count). The molecule has 2 aromatic rings. The van der Waals surface area contributed by atoms with E-state index in [9.17, 15) is 13.3 Å². The van der Waals surface area contributed by atoms with Crippen LogP contribution >= 0.6 is 23.5 Å². The fourth-order valence-electron chi connectivity index (χ4n) is 2.26. The Bertz CT molecular complexity index is 841. The summed E-state index contributed by atoms with van der Waals surface area (Å²) in [5.74, 6) is 0. The van der Waals surface area contributed by atoms with E-state index in [4.69, 9.17) is 14.3 Å². The molecule has 4 nitrogen and oxygen atoms in total. The Labute approximate surface area is 147 Å². The molecule has 2 aromatic carbocycles. The van der Waals surface area contributed by atoms with E-state index in [2.05, 4.69) is 15.9 Å². The molecular weight excluding hydrogens is 403 g/mol. The molecule has 128 valence electrons. The van der Waals surface area contributed by atoms with Crippen LogP contribution in [0.3, 0.4) is 0 Å². The quantitative estimate of drug-likeness (QED) is 0.558. The average Bonchev–Trinajstić information content (AvgIpc) is 2.53. The van der Waals surface area contributed by atoms with Gasteiger partial charge in [0.2, 0.25) is 0 Å². The summed E-state index contributed by atoms with van der Waals surface area (Å²) in [5.41, 5.74) is -3.88. The molecule has 0 aliphatic rings. The van der Waals surface area contributed by atoms with Crippen molar-refractivity contribution in [2.75, 3.05) is 13.2 Å². The molecule has 0 aliphatic heterocycles. The van der Waals surface area contributed by atoms with Gasteiger partial charge in [-0.3, -0.25) is 4.57 Å². The van der Waals surface area contributed by atoms with Crippen LogP contribution in [0.5, 0.6) is 0 Å². The lowest BCUT2D eigenvalue weighted by molar-refractivity contribution is 0.0356. The van der Waals surface area contributed by atoms with Gasteiger partial charge in [0, 0.05) is 10.0 Å². The predicted molar refractivity (Wildman–Crippen MR) is 91.1 cm³/mol. The molecule has 0 fully saturated rings. The van der Waals surface area contributed by atoms with E-state index < -0.39 is 18.8 Å². The monoisotopic (exact) mass is 417 g/mol. The Kier molecular flexibility index (Phi) is 5.77. The van der Waals surface area contributed by atoms with Gasteiger partial charge in [0.05, 0.1) is 24.8 Å². The summed E-state index contributed by atoms with van der Waals surface area (Å²) in [5, 5.41) is 10.0. The summed E-state index contributed by atoms with van der Waals surface area (Å²) in [6, 6.07) is 9.36. The van der Waals surface area contributed by atoms with Crippen LogP contribution in [-0.2, 0) is 19.3 Å². The number of benzene rings is 2. The van der Waals surface area contributed by atoms with Gasteiger partial charge >= 0.3 is 13.3 Å². The lowest BCUT2D eigenvalue weighted by Gasteiger charge is -2.27. The van der Waals surface area contributed by atoms with E-state index in [0.29, 0.717) is 16.3 Å². The van der Waals surface area contributed by atoms with E-state index in [1.807, 2.05) is 6.07 Å². The third-order valence-electron chi connectivity index (χ3n) is 3.32. The van der Waals surface area contributed by atoms with Crippen LogP contribution in [-0.4, -0.2) is 13.2 Å². The second-order valence-corrected chi connectivity index (χ2v) is 7.81. The summed E-state index contributed by atoms with van der Waals surface area (Å²) < 4.78 is 52.1. The smallest absolute Gasteiger partial charge is 0.304 e. The van der Waals surface area contributed by atoms with Crippen LogP contribution in [0.1, 0.15) is 25.0 Å². The number of alkyl halides is 2. The molecule has 0 aromatic heterocycles. The summed E-state index contributed by atoms with van der Waals surface area (Å²) in [6.07, 6.45) is 0. The lowest BCUT2D eigenvalue weighted by atomic mass is 10.0. The molecular formula is C16H15BrF2NO3P. The molecule has 24 heavy (non-hydrogen) atoms. The van der Waals surface area contributed by atoms with E-state index in [0.717, 1.165) is 0 Å². The fourth-order valence-corrected chi connectivity index (χ4v) is 4.58. The highest BCUT2D eigenvalue weighted by atomic mass is 79.9. The average molecular weight is 418 g/mol. The predicted octanol–water partition coefficient (Wildman–Crippen LogP) is 5.79. The van der Waals surface area contributed by atoms with Crippen molar-refractivity contribution in [1.82, 2.24) is 0 Å². The number of fused-ring (bicyclic) bond motifs is 1. The van der Waals surface area contributed by atoms with Crippen molar-refractivity contribution in [3.63, 3.8) is 0 Å². The highest BCUT2D eigenvalue weighted by Crippen LogP contribution is 2.67. The lowest BCUT2D eigenvalue weighted by Crippen LogP contribution is -2.19. The zero-order valence-corrected chi connectivity index (χ0v) is 15.5. The fraction of sp³-hybridized carbons (Fsp3) is 0.312. The van der Waals surface area contributed by atoms with E-state index in [1.165, 1.54) is 32.0 Å². The molecule has 0 unspecified atom stereocenters. The maximum atomic E-state index is 14.9. The number of hydrogen-bond acceptors (Lipinski definition) is 4. The minimum Gasteiger partial charge on any atom is -0.304 e. The highest BCUT2D eigenvalue weighted by molar-refractivity contribution is 9.10. The second kappa shape index (κ2) is 7.28. The van der Waals surface area contributed by atoms with Crippen molar-refractivity contribution >= 4 is 34.3 Å². The van der Waals surface area contributed by atoms with Gasteiger partial charge in [0.15, 0.2) is 0 Å². The Morgan fingerprint density at radius 3 is 2.33 bits per heavy atom. The molecule has 0 heterocycles. The van der Waals surface area contributed by atoms with Gasteiger partial charge in [-0.2, -0.15) is 14.0 Å². The summed E-state index contributed by atoms with van der Waals surface area (Å²) in [4.78, 5) is 0. The van der Waals surface area contributed by atoms with Crippen molar-refractivity contribution in [3.8, 4) is 6.07 Å². The van der Waals surface area contributed by atoms with Crippen molar-refractivity contribution < 1.29 is 22.4 Å². The second-order valence-electron chi connectivity index (χ2n) is 4.88. The number of hydrogen-bond donors (Lipinski definition) is 0. The topological polar surface area (TPSA) is 59.3 Å². The summed E-state index contributed by atoms with van der Waals surface area (Å²) >= 11 is 3.10. The normalized spacial score (nSPS) is 12.3. The zero-order valence-electron chi connectivity index (χ0n) is 13.1. The van der Waals surface area contributed by atoms with Crippen molar-refractivity contribution in [1.29, 1.82) is 5.26 Å². The van der Waals surface area contributed by atoms with Gasteiger partial charge < -0.3 is 9.05 Å². The Morgan fingerprint density at radius 2 is 1.79 bits per heavy atom. The van der Waals surface area contributed by atoms with Crippen LogP contribution in [0.25, 0.3) is 10.8 Å². The van der Waals surface area contributed by atoms with Crippen LogP contribution < -0.4 is 0 Å². The Morgan fingerprint density at radius 1 is 1.17 bits per heavy atom. The molecule has 0 saturated carbocycles. The molecule has 8 heteroatoms. The van der Waals surface area contributed by atoms with Crippen molar-refractivity contribution in [2.24, 2.45) is 0 Å². The number of nitrogens with zero attached hydrogens (tertiary/aromatic N) is 1. The van der Waals surface area contributed by atoms with Crippen LogP contribution in [0.2, 0.25) is 0 Å². The van der Waals surface area contributed by atoms with Crippen molar-refractivity contribution in [2.45, 2.75) is 19.5 Å². The number of rotatable bonds is 6. The first kappa shape index (κ1) is 19.0. The molecule has 0 saturated heterocycles. The highest BCUT2D eigenvalue weighted by Gasteiger charge is 2.55. The molecule has 0 radical (unpaired) electrons. The Hall–Kier alpha value is -1.32. The number of halogens is 3. The maximum absolute atomic E-state index is 14.9. The van der Waals surface area contributed by atoms with Crippen LogP contribution in [0.4, 0.5) is 8.78 Å². The van der Waals surface area contributed by atoms with Gasteiger partial charge in [-0.15, -0.1) is 0 Å². The van der Waals surface area contributed by atoms with Crippen LogP contribution in [0, 0.1) is 11.3 Å². The molecule has 0 amide bonds. The van der Waals surface area contributed by atoms with Gasteiger partial charge in [-0.1, -0.05) is 22.0 Å².